The Morgan fingerprint density at radius 2 is 2.39 bits per heavy atom. The quantitative estimate of drug-likeness (QED) is 0.892. The molecule has 0 aromatic carbocycles. The zero-order chi connectivity index (χ0) is 13.0. The predicted octanol–water partition coefficient (Wildman–Crippen LogP) is 2.64. The van der Waals surface area contributed by atoms with Crippen molar-refractivity contribution in [2.24, 2.45) is 5.73 Å². The molecule has 0 bridgehead atoms. The van der Waals surface area contributed by atoms with Gasteiger partial charge in [-0.1, -0.05) is 13.8 Å². The second-order valence-electron chi connectivity index (χ2n) is 4.97. The summed E-state index contributed by atoms with van der Waals surface area (Å²) in [6.45, 7) is 7.18. The minimum absolute atomic E-state index is 0.204. The van der Waals surface area contributed by atoms with Crippen molar-refractivity contribution in [1.29, 1.82) is 0 Å². The summed E-state index contributed by atoms with van der Waals surface area (Å²) in [7, 11) is 0. The highest BCUT2D eigenvalue weighted by Gasteiger charge is 2.30. The molecule has 18 heavy (non-hydrogen) atoms. The second-order valence-corrected chi connectivity index (χ2v) is 5.75. The summed E-state index contributed by atoms with van der Waals surface area (Å²) in [5.41, 5.74) is 7.72. The first-order chi connectivity index (χ1) is 8.76. The average molecular weight is 268 g/mol. The number of hydrogen-bond donors (Lipinski definition) is 1. The SMILES string of the molecule is CCC1CN(C(c2ccsc2)C(N)CC)CCO1. The van der Waals surface area contributed by atoms with Gasteiger partial charge >= 0.3 is 0 Å². The number of nitrogens with two attached hydrogens (primary N) is 1. The number of rotatable bonds is 5. The number of morpholine rings is 1. The van der Waals surface area contributed by atoms with Gasteiger partial charge in [0.1, 0.15) is 0 Å². The highest BCUT2D eigenvalue weighted by Crippen LogP contribution is 2.28. The maximum Gasteiger partial charge on any atom is 0.0700 e. The number of nitrogens with zero attached hydrogens (tertiary/aromatic N) is 1. The zero-order valence-electron chi connectivity index (χ0n) is 11.3. The van der Waals surface area contributed by atoms with Crippen LogP contribution in [0.2, 0.25) is 0 Å². The highest BCUT2D eigenvalue weighted by molar-refractivity contribution is 7.07. The zero-order valence-corrected chi connectivity index (χ0v) is 12.2. The van der Waals surface area contributed by atoms with Gasteiger partial charge in [0, 0.05) is 19.1 Å². The Bertz CT molecular complexity index is 342. The van der Waals surface area contributed by atoms with E-state index in [2.05, 4.69) is 35.6 Å². The fourth-order valence-electron chi connectivity index (χ4n) is 2.64. The van der Waals surface area contributed by atoms with Gasteiger partial charge in [0.05, 0.1) is 18.8 Å². The average Bonchev–Trinajstić information content (AvgIpc) is 2.93. The van der Waals surface area contributed by atoms with Crippen LogP contribution in [0.25, 0.3) is 0 Å². The molecule has 3 nitrogen and oxygen atoms in total. The van der Waals surface area contributed by atoms with Crippen molar-refractivity contribution < 1.29 is 4.74 Å². The minimum atomic E-state index is 0.204. The van der Waals surface area contributed by atoms with E-state index < -0.39 is 0 Å². The van der Waals surface area contributed by atoms with Crippen LogP contribution < -0.4 is 5.73 Å². The summed E-state index contributed by atoms with van der Waals surface area (Å²) in [4.78, 5) is 2.51. The van der Waals surface area contributed by atoms with Crippen LogP contribution in [0.1, 0.15) is 38.3 Å². The van der Waals surface area contributed by atoms with Gasteiger partial charge in [-0.15, -0.1) is 0 Å². The lowest BCUT2D eigenvalue weighted by molar-refractivity contribution is -0.0486. The van der Waals surface area contributed by atoms with E-state index in [9.17, 15) is 0 Å². The van der Waals surface area contributed by atoms with E-state index in [-0.39, 0.29) is 6.04 Å². The Balaban J connectivity index is 2.13. The molecule has 0 aliphatic carbocycles. The van der Waals surface area contributed by atoms with Crippen LogP contribution in [-0.2, 0) is 4.74 Å². The van der Waals surface area contributed by atoms with Crippen molar-refractivity contribution in [2.45, 2.75) is 44.9 Å². The molecule has 3 unspecified atom stereocenters. The molecule has 0 amide bonds. The first-order valence-corrected chi connectivity index (χ1v) is 7.83. The number of ether oxygens (including phenoxy) is 1. The number of hydrogen-bond acceptors (Lipinski definition) is 4. The van der Waals surface area contributed by atoms with E-state index in [1.807, 2.05) is 0 Å². The Morgan fingerprint density at radius 3 is 3.00 bits per heavy atom. The van der Waals surface area contributed by atoms with E-state index in [4.69, 9.17) is 10.5 Å². The molecule has 0 spiro atoms. The van der Waals surface area contributed by atoms with Crippen LogP contribution in [0.3, 0.4) is 0 Å². The summed E-state index contributed by atoms with van der Waals surface area (Å²) >= 11 is 1.75. The molecule has 1 aliphatic rings. The Labute approximate surface area is 114 Å². The lowest BCUT2D eigenvalue weighted by Gasteiger charge is -2.40. The Kier molecular flexibility index (Phi) is 5.18. The largest absolute Gasteiger partial charge is 0.376 e. The van der Waals surface area contributed by atoms with Gasteiger partial charge in [-0.2, -0.15) is 11.3 Å². The van der Waals surface area contributed by atoms with Gasteiger partial charge in [-0.05, 0) is 35.2 Å². The summed E-state index contributed by atoms with van der Waals surface area (Å²) < 4.78 is 5.76. The van der Waals surface area contributed by atoms with Crippen LogP contribution >= 0.6 is 11.3 Å². The summed E-state index contributed by atoms with van der Waals surface area (Å²) in [5.74, 6) is 0. The van der Waals surface area contributed by atoms with E-state index in [0.717, 1.165) is 32.5 Å². The number of thiophene rings is 1. The summed E-state index contributed by atoms with van der Waals surface area (Å²) in [6.07, 6.45) is 2.45. The molecular weight excluding hydrogens is 244 g/mol. The maximum atomic E-state index is 6.35. The molecule has 3 atom stereocenters. The van der Waals surface area contributed by atoms with E-state index >= 15 is 0 Å². The van der Waals surface area contributed by atoms with Crippen LogP contribution in [0, 0.1) is 0 Å². The van der Waals surface area contributed by atoms with E-state index in [0.29, 0.717) is 12.1 Å². The van der Waals surface area contributed by atoms with Gasteiger partial charge < -0.3 is 10.5 Å². The molecule has 2 N–H and O–H groups in total. The van der Waals surface area contributed by atoms with Crippen LogP contribution in [-0.4, -0.2) is 36.7 Å². The molecule has 102 valence electrons. The first-order valence-electron chi connectivity index (χ1n) is 6.89. The third kappa shape index (κ3) is 3.12. The van der Waals surface area contributed by atoms with E-state index in [1.54, 1.807) is 11.3 Å². The third-order valence-electron chi connectivity index (χ3n) is 3.78. The van der Waals surface area contributed by atoms with Crippen molar-refractivity contribution in [3.05, 3.63) is 22.4 Å². The molecule has 1 saturated heterocycles. The minimum Gasteiger partial charge on any atom is -0.376 e. The summed E-state index contributed by atoms with van der Waals surface area (Å²) in [5, 5.41) is 4.37. The first kappa shape index (κ1) is 14.0. The van der Waals surface area contributed by atoms with E-state index in [1.165, 1.54) is 5.56 Å². The van der Waals surface area contributed by atoms with Crippen molar-refractivity contribution in [3.63, 3.8) is 0 Å². The standard InChI is InChI=1S/C14H24N2OS/c1-3-12-9-16(6-7-17-12)14(13(15)4-2)11-5-8-18-10-11/h5,8,10,12-14H,3-4,6-7,9,15H2,1-2H3. The molecule has 1 aromatic rings. The Hall–Kier alpha value is -0.420. The fraction of sp³-hybridized carbons (Fsp3) is 0.714. The molecule has 2 rings (SSSR count). The molecule has 1 aliphatic heterocycles. The fourth-order valence-corrected chi connectivity index (χ4v) is 3.33. The molecule has 2 heterocycles. The normalized spacial score (nSPS) is 24.9. The van der Waals surface area contributed by atoms with Crippen molar-refractivity contribution in [3.8, 4) is 0 Å². The van der Waals surface area contributed by atoms with Crippen molar-refractivity contribution in [2.75, 3.05) is 19.7 Å². The van der Waals surface area contributed by atoms with Crippen LogP contribution in [0.15, 0.2) is 16.8 Å². The molecule has 4 heteroatoms. The maximum absolute atomic E-state index is 6.35. The smallest absolute Gasteiger partial charge is 0.0700 e. The molecular formula is C14H24N2OS. The topological polar surface area (TPSA) is 38.5 Å². The summed E-state index contributed by atoms with van der Waals surface area (Å²) in [6, 6.07) is 2.76. The highest BCUT2D eigenvalue weighted by atomic mass is 32.1. The van der Waals surface area contributed by atoms with Gasteiger partial charge in [0.2, 0.25) is 0 Å². The lowest BCUT2D eigenvalue weighted by Crippen LogP contribution is -2.49. The molecule has 1 fully saturated rings. The van der Waals surface area contributed by atoms with Gasteiger partial charge in [0.15, 0.2) is 0 Å². The Morgan fingerprint density at radius 1 is 1.56 bits per heavy atom. The second kappa shape index (κ2) is 6.66. The van der Waals surface area contributed by atoms with Crippen molar-refractivity contribution >= 4 is 11.3 Å². The van der Waals surface area contributed by atoms with Gasteiger partial charge in [0.25, 0.3) is 0 Å². The van der Waals surface area contributed by atoms with Gasteiger partial charge in [-0.25, -0.2) is 0 Å². The third-order valence-corrected chi connectivity index (χ3v) is 4.48. The molecule has 0 radical (unpaired) electrons. The van der Waals surface area contributed by atoms with Crippen LogP contribution in [0.4, 0.5) is 0 Å². The molecule has 1 aromatic heterocycles. The predicted molar refractivity (Wildman–Crippen MR) is 76.9 cm³/mol. The monoisotopic (exact) mass is 268 g/mol. The van der Waals surface area contributed by atoms with Crippen LogP contribution in [0.5, 0.6) is 0 Å². The lowest BCUT2D eigenvalue weighted by atomic mass is 9.97. The van der Waals surface area contributed by atoms with Gasteiger partial charge in [-0.3, -0.25) is 4.90 Å². The molecule has 0 saturated carbocycles. The van der Waals surface area contributed by atoms with Crippen molar-refractivity contribution in [1.82, 2.24) is 4.90 Å².